The summed E-state index contributed by atoms with van der Waals surface area (Å²) in [6.07, 6.45) is 6.53. The van der Waals surface area contributed by atoms with Gasteiger partial charge in [-0.05, 0) is 38.3 Å². The smallest absolute Gasteiger partial charge is 0.0978 e. The van der Waals surface area contributed by atoms with Gasteiger partial charge in [0.1, 0.15) is 0 Å². The predicted octanol–water partition coefficient (Wildman–Crippen LogP) is 1.77. The lowest BCUT2D eigenvalue weighted by molar-refractivity contribution is 0.285. The van der Waals surface area contributed by atoms with Crippen LogP contribution in [-0.4, -0.2) is 24.0 Å². The van der Waals surface area contributed by atoms with E-state index in [4.69, 9.17) is 5.26 Å². The first-order chi connectivity index (χ1) is 5.90. The van der Waals surface area contributed by atoms with E-state index in [1.807, 2.05) is 0 Å². The Hall–Kier alpha value is -0.550. The van der Waals surface area contributed by atoms with E-state index < -0.39 is 0 Å². The molecule has 1 aliphatic carbocycles. The van der Waals surface area contributed by atoms with Gasteiger partial charge in [0.15, 0.2) is 0 Å². The van der Waals surface area contributed by atoms with Crippen molar-refractivity contribution < 1.29 is 0 Å². The number of nitriles is 1. The third-order valence-electron chi connectivity index (χ3n) is 3.03. The van der Waals surface area contributed by atoms with Crippen LogP contribution in [0, 0.1) is 17.2 Å². The Morgan fingerprint density at radius 2 is 2.17 bits per heavy atom. The van der Waals surface area contributed by atoms with Gasteiger partial charge >= 0.3 is 0 Å². The summed E-state index contributed by atoms with van der Waals surface area (Å²) in [6.45, 7) is 2.33. The number of nitrogens with zero attached hydrogens (tertiary/aromatic N) is 2. The fourth-order valence-corrected chi connectivity index (χ4v) is 1.99. The molecule has 1 heterocycles. The molecule has 0 radical (unpaired) electrons. The molecule has 0 aromatic carbocycles. The summed E-state index contributed by atoms with van der Waals surface area (Å²) >= 11 is 0. The van der Waals surface area contributed by atoms with E-state index in [1.165, 1.54) is 32.2 Å². The molecule has 1 saturated carbocycles. The fraction of sp³-hybridized carbons (Fsp3) is 0.900. The molecule has 0 aromatic rings. The molecule has 2 heteroatoms. The first-order valence-corrected chi connectivity index (χ1v) is 5.04. The highest BCUT2D eigenvalue weighted by Gasteiger charge is 2.27. The standard InChI is InChI=1S/C10H16N2/c11-8-10-2-1-6-12(10)7-5-9-3-4-9/h9-10H,1-7H2. The van der Waals surface area contributed by atoms with Crippen LogP contribution >= 0.6 is 0 Å². The van der Waals surface area contributed by atoms with Crippen molar-refractivity contribution in [1.29, 1.82) is 5.26 Å². The number of hydrogen-bond donors (Lipinski definition) is 0. The second kappa shape index (κ2) is 3.45. The van der Waals surface area contributed by atoms with Crippen molar-refractivity contribution in [2.24, 2.45) is 5.92 Å². The van der Waals surface area contributed by atoms with E-state index in [1.54, 1.807) is 0 Å². The minimum Gasteiger partial charge on any atom is -0.288 e. The molecule has 1 unspecified atom stereocenters. The number of hydrogen-bond acceptors (Lipinski definition) is 2. The zero-order valence-corrected chi connectivity index (χ0v) is 7.50. The molecule has 0 bridgehead atoms. The average molecular weight is 164 g/mol. The predicted molar refractivity (Wildman–Crippen MR) is 47.5 cm³/mol. The molecule has 1 aliphatic heterocycles. The van der Waals surface area contributed by atoms with Crippen molar-refractivity contribution in [3.05, 3.63) is 0 Å². The van der Waals surface area contributed by atoms with E-state index in [2.05, 4.69) is 11.0 Å². The minimum atomic E-state index is 0.240. The maximum atomic E-state index is 8.83. The SMILES string of the molecule is N#CC1CCCN1CCC1CC1. The molecule has 1 saturated heterocycles. The highest BCUT2D eigenvalue weighted by atomic mass is 15.2. The second-order valence-electron chi connectivity index (χ2n) is 4.06. The molecular weight excluding hydrogens is 148 g/mol. The highest BCUT2D eigenvalue weighted by Crippen LogP contribution is 2.33. The van der Waals surface area contributed by atoms with Crippen molar-refractivity contribution in [3.63, 3.8) is 0 Å². The van der Waals surface area contributed by atoms with E-state index in [9.17, 15) is 0 Å². The third-order valence-corrected chi connectivity index (χ3v) is 3.03. The van der Waals surface area contributed by atoms with E-state index in [0.29, 0.717) is 0 Å². The normalized spacial score (nSPS) is 30.4. The van der Waals surface area contributed by atoms with E-state index >= 15 is 0 Å². The quantitative estimate of drug-likeness (QED) is 0.635. The van der Waals surface area contributed by atoms with Gasteiger partial charge in [0.25, 0.3) is 0 Å². The van der Waals surface area contributed by atoms with Crippen LogP contribution < -0.4 is 0 Å². The van der Waals surface area contributed by atoms with Gasteiger partial charge in [-0.1, -0.05) is 12.8 Å². The number of likely N-dealkylation sites (tertiary alicyclic amines) is 1. The van der Waals surface area contributed by atoms with Crippen LogP contribution in [0.5, 0.6) is 0 Å². The van der Waals surface area contributed by atoms with Gasteiger partial charge in [-0.25, -0.2) is 0 Å². The average Bonchev–Trinajstić information content (AvgIpc) is 2.81. The summed E-state index contributed by atoms with van der Waals surface area (Å²) in [5.74, 6) is 1.00. The zero-order chi connectivity index (χ0) is 8.39. The molecule has 1 atom stereocenters. The molecule has 12 heavy (non-hydrogen) atoms. The highest BCUT2D eigenvalue weighted by molar-refractivity contribution is 4.96. The molecule has 0 amide bonds. The van der Waals surface area contributed by atoms with Crippen LogP contribution in [0.1, 0.15) is 32.1 Å². The van der Waals surface area contributed by atoms with Crippen LogP contribution in [0.25, 0.3) is 0 Å². The van der Waals surface area contributed by atoms with Crippen LogP contribution in [0.4, 0.5) is 0 Å². The zero-order valence-electron chi connectivity index (χ0n) is 7.50. The molecule has 0 aromatic heterocycles. The van der Waals surface area contributed by atoms with Crippen molar-refractivity contribution in [1.82, 2.24) is 4.90 Å². The first kappa shape index (κ1) is 8.07. The van der Waals surface area contributed by atoms with Crippen molar-refractivity contribution >= 4 is 0 Å². The Morgan fingerprint density at radius 1 is 1.33 bits per heavy atom. The van der Waals surface area contributed by atoms with Gasteiger partial charge in [-0.15, -0.1) is 0 Å². The summed E-state index contributed by atoms with van der Waals surface area (Å²) in [5, 5.41) is 8.83. The molecule has 2 aliphatic rings. The first-order valence-electron chi connectivity index (χ1n) is 5.04. The fourth-order valence-electron chi connectivity index (χ4n) is 1.99. The lowest BCUT2D eigenvalue weighted by atomic mass is 10.2. The monoisotopic (exact) mass is 164 g/mol. The minimum absolute atomic E-state index is 0.240. The van der Waals surface area contributed by atoms with Crippen LogP contribution in [-0.2, 0) is 0 Å². The summed E-state index contributed by atoms with van der Waals surface area (Å²) in [5.41, 5.74) is 0. The Bertz CT molecular complexity index is 191. The van der Waals surface area contributed by atoms with Crippen LogP contribution in [0.2, 0.25) is 0 Å². The van der Waals surface area contributed by atoms with Gasteiger partial charge in [0.2, 0.25) is 0 Å². The maximum Gasteiger partial charge on any atom is 0.0978 e. The van der Waals surface area contributed by atoms with Gasteiger partial charge in [-0.3, -0.25) is 4.90 Å². The Morgan fingerprint density at radius 3 is 2.83 bits per heavy atom. The van der Waals surface area contributed by atoms with Gasteiger partial charge in [-0.2, -0.15) is 5.26 Å². The maximum absolute atomic E-state index is 8.83. The Labute approximate surface area is 74.2 Å². The van der Waals surface area contributed by atoms with Gasteiger partial charge < -0.3 is 0 Å². The van der Waals surface area contributed by atoms with Crippen molar-refractivity contribution in [3.8, 4) is 6.07 Å². The molecule has 2 nitrogen and oxygen atoms in total. The molecule has 66 valence electrons. The lowest BCUT2D eigenvalue weighted by Crippen LogP contribution is -2.29. The molecular formula is C10H16N2. The molecule has 0 N–H and O–H groups in total. The van der Waals surface area contributed by atoms with E-state index in [-0.39, 0.29) is 6.04 Å². The molecule has 2 fully saturated rings. The molecule has 0 spiro atoms. The Balaban J connectivity index is 1.74. The van der Waals surface area contributed by atoms with Gasteiger partial charge in [0.05, 0.1) is 12.1 Å². The lowest BCUT2D eigenvalue weighted by Gasteiger charge is -2.18. The molecule has 2 rings (SSSR count). The van der Waals surface area contributed by atoms with Crippen LogP contribution in [0.15, 0.2) is 0 Å². The van der Waals surface area contributed by atoms with Crippen molar-refractivity contribution in [2.45, 2.75) is 38.1 Å². The summed E-state index contributed by atoms with van der Waals surface area (Å²) in [4.78, 5) is 2.36. The summed E-state index contributed by atoms with van der Waals surface area (Å²) < 4.78 is 0. The topological polar surface area (TPSA) is 27.0 Å². The van der Waals surface area contributed by atoms with Crippen molar-refractivity contribution in [2.75, 3.05) is 13.1 Å². The number of rotatable bonds is 3. The Kier molecular flexibility index (Phi) is 2.32. The van der Waals surface area contributed by atoms with E-state index in [0.717, 1.165) is 18.9 Å². The third kappa shape index (κ3) is 1.78. The largest absolute Gasteiger partial charge is 0.288 e. The van der Waals surface area contributed by atoms with Gasteiger partial charge in [0, 0.05) is 0 Å². The second-order valence-corrected chi connectivity index (χ2v) is 4.06. The summed E-state index contributed by atoms with van der Waals surface area (Å²) in [6, 6.07) is 2.62. The summed E-state index contributed by atoms with van der Waals surface area (Å²) in [7, 11) is 0. The van der Waals surface area contributed by atoms with Crippen LogP contribution in [0.3, 0.4) is 0 Å².